The van der Waals surface area contributed by atoms with Crippen molar-refractivity contribution in [3.8, 4) is 112 Å². The molecule has 4 nitrogen and oxygen atoms in total. The molecule has 0 saturated heterocycles. The van der Waals surface area contributed by atoms with Crippen LogP contribution in [-0.4, -0.2) is 19.9 Å². The smallest absolute Gasteiger partial charge is 0.160 e. The minimum absolute atomic E-state index is 0.660. The first-order chi connectivity index (χ1) is 56.5. The third-order valence-corrected chi connectivity index (χ3v) is 27.2. The second kappa shape index (κ2) is 25.3. The van der Waals surface area contributed by atoms with E-state index in [1.54, 1.807) is 0 Å². The van der Waals surface area contributed by atoms with Crippen LogP contribution in [0.15, 0.2) is 408 Å². The van der Waals surface area contributed by atoms with Crippen molar-refractivity contribution in [2.45, 2.75) is 30.4 Å². The second-order valence-corrected chi connectivity index (χ2v) is 32.5. The third kappa shape index (κ3) is 9.56. The molecule has 2 aliphatic carbocycles. The monoisotopic (exact) mass is 1480 g/mol. The highest BCUT2D eigenvalue weighted by Gasteiger charge is 2.54. The Bertz CT molecular complexity index is 7300. The minimum Gasteiger partial charge on any atom is -0.228 e. The van der Waals surface area contributed by atoms with E-state index in [0.717, 1.165) is 89.2 Å². The highest BCUT2D eigenvalue weighted by Crippen LogP contribution is 2.68. The Morgan fingerprint density at radius 1 is 0.193 bits per heavy atom. The van der Waals surface area contributed by atoms with Crippen LogP contribution in [-0.2, 0) is 10.8 Å². The van der Waals surface area contributed by atoms with E-state index >= 15 is 0 Å². The molecule has 4 heterocycles. The van der Waals surface area contributed by atoms with Crippen LogP contribution in [0.2, 0.25) is 0 Å². The van der Waals surface area contributed by atoms with Crippen LogP contribution < -0.4 is 0 Å². The zero-order chi connectivity index (χ0) is 74.7. The molecule has 528 valence electrons. The van der Waals surface area contributed by atoms with Crippen LogP contribution in [0.3, 0.4) is 0 Å². The number of hydrogen-bond acceptors (Lipinski definition) is 6. The molecule has 4 aliphatic rings. The van der Waals surface area contributed by atoms with Crippen molar-refractivity contribution in [2.75, 3.05) is 0 Å². The summed E-state index contributed by atoms with van der Waals surface area (Å²) in [5, 5.41) is 11.0. The number of para-hydroxylation sites is 1. The van der Waals surface area contributed by atoms with E-state index in [2.05, 4.69) is 388 Å². The molecule has 2 aromatic heterocycles. The van der Waals surface area contributed by atoms with Gasteiger partial charge in [0, 0.05) is 52.8 Å². The molecule has 0 N–H and O–H groups in total. The summed E-state index contributed by atoms with van der Waals surface area (Å²) in [4.78, 5) is 27.6. The molecule has 24 rings (SSSR count). The summed E-state index contributed by atoms with van der Waals surface area (Å²) >= 11 is 3.85. The first-order valence-electron chi connectivity index (χ1n) is 39.1. The molecule has 0 unspecified atom stereocenters. The average molecular weight is 1480 g/mol. The lowest BCUT2D eigenvalue weighted by Gasteiger charge is -2.41. The number of nitrogens with zero attached hydrogens (tertiary/aromatic N) is 4. The summed E-state index contributed by atoms with van der Waals surface area (Å²) in [6.07, 6.45) is 0. The van der Waals surface area contributed by atoms with Crippen LogP contribution in [0.25, 0.3) is 166 Å². The van der Waals surface area contributed by atoms with Crippen molar-refractivity contribution in [1.82, 2.24) is 19.9 Å². The van der Waals surface area contributed by atoms with Gasteiger partial charge < -0.3 is 0 Å². The highest BCUT2D eigenvalue weighted by atomic mass is 32.2. The predicted octanol–water partition coefficient (Wildman–Crippen LogP) is 28.0. The lowest BCUT2D eigenvalue weighted by atomic mass is 9.65. The molecule has 0 bridgehead atoms. The van der Waals surface area contributed by atoms with Gasteiger partial charge in [0.05, 0.1) is 33.4 Å². The van der Waals surface area contributed by atoms with Gasteiger partial charge in [0.15, 0.2) is 11.6 Å². The van der Waals surface area contributed by atoms with Crippen LogP contribution >= 0.6 is 23.5 Å². The van der Waals surface area contributed by atoms with E-state index in [1.165, 1.54) is 129 Å². The van der Waals surface area contributed by atoms with Crippen molar-refractivity contribution < 1.29 is 0 Å². The number of fused-ring (bicyclic) bond motifs is 27. The number of hydrogen-bond donors (Lipinski definition) is 0. The summed E-state index contributed by atoms with van der Waals surface area (Å²) in [7, 11) is 0. The van der Waals surface area contributed by atoms with Crippen molar-refractivity contribution in [3.63, 3.8) is 0 Å². The fourth-order valence-electron chi connectivity index (χ4n) is 19.6. The summed E-state index contributed by atoms with van der Waals surface area (Å²) in [6, 6.07) is 143. The van der Waals surface area contributed by atoms with Gasteiger partial charge in [-0.3, -0.25) is 0 Å². The Hall–Kier alpha value is -13.9. The van der Waals surface area contributed by atoms with E-state index in [-0.39, 0.29) is 0 Å². The molecule has 20 aromatic rings. The van der Waals surface area contributed by atoms with E-state index in [1.807, 2.05) is 23.5 Å². The van der Waals surface area contributed by atoms with Gasteiger partial charge in [0.1, 0.15) is 0 Å². The first-order valence-corrected chi connectivity index (χ1v) is 40.7. The molecule has 0 atom stereocenters. The zero-order valence-corrected chi connectivity index (χ0v) is 63.2. The molecule has 2 aliphatic heterocycles. The molecule has 0 saturated carbocycles. The Kier molecular flexibility index (Phi) is 14.4. The van der Waals surface area contributed by atoms with Crippen molar-refractivity contribution in [2.24, 2.45) is 0 Å². The van der Waals surface area contributed by atoms with Gasteiger partial charge in [0.25, 0.3) is 0 Å². The largest absolute Gasteiger partial charge is 0.228 e. The molecule has 18 aromatic carbocycles. The van der Waals surface area contributed by atoms with E-state index in [4.69, 9.17) is 19.9 Å². The lowest BCUT2D eigenvalue weighted by Crippen LogP contribution is -2.32. The van der Waals surface area contributed by atoms with Crippen LogP contribution in [0.1, 0.15) is 44.5 Å². The SMILES string of the molecule is c1ccc(-c2ccc(-c3nc(-c4cccc(-c5ccc(-c6ccc(-c7nc(-c8cccc9c8C8(c%10ccccc%10-9)c9ccc%10ccccc%10c9Sc9c8ccc8ccccc98)c8ccccc8n7)cc6)cc5)c4)cc(-c4cccc5c4C4(c6ccccc6-5)c5ccc6ccccc6c5Sc5c4ccc4ccccc54)n3)cc2)cc1. The Morgan fingerprint density at radius 3 is 1.04 bits per heavy atom. The summed E-state index contributed by atoms with van der Waals surface area (Å²) in [5.41, 5.74) is 29.0. The normalized spacial score (nSPS) is 13.5. The van der Waals surface area contributed by atoms with E-state index < -0.39 is 10.8 Å². The van der Waals surface area contributed by atoms with Gasteiger partial charge >= 0.3 is 0 Å². The Morgan fingerprint density at radius 2 is 0.535 bits per heavy atom. The van der Waals surface area contributed by atoms with Gasteiger partial charge in [-0.15, -0.1) is 0 Å². The van der Waals surface area contributed by atoms with Crippen molar-refractivity contribution in [3.05, 3.63) is 433 Å². The Balaban J connectivity index is 0.608. The summed E-state index contributed by atoms with van der Waals surface area (Å²) < 4.78 is 0. The van der Waals surface area contributed by atoms with Crippen LogP contribution in [0.5, 0.6) is 0 Å². The van der Waals surface area contributed by atoms with Gasteiger partial charge in [-0.2, -0.15) is 0 Å². The molecule has 2 spiro atoms. The maximum atomic E-state index is 5.75. The van der Waals surface area contributed by atoms with Gasteiger partial charge in [-0.1, -0.05) is 394 Å². The quantitative estimate of drug-likeness (QED) is 0.151. The topological polar surface area (TPSA) is 51.6 Å². The first kappa shape index (κ1) is 64.9. The second-order valence-electron chi connectivity index (χ2n) is 30.5. The van der Waals surface area contributed by atoms with Crippen molar-refractivity contribution in [1.29, 1.82) is 0 Å². The maximum Gasteiger partial charge on any atom is 0.160 e. The van der Waals surface area contributed by atoms with Crippen LogP contribution in [0.4, 0.5) is 0 Å². The molecule has 0 fully saturated rings. The molecule has 6 heteroatoms. The van der Waals surface area contributed by atoms with Gasteiger partial charge in [0.2, 0.25) is 0 Å². The molecule has 114 heavy (non-hydrogen) atoms. The fraction of sp³-hybridized carbons (Fsp3) is 0.0185. The highest BCUT2D eigenvalue weighted by molar-refractivity contribution is 8.00. The molecular formula is C108H64N4S2. The molecular weight excluding hydrogens is 1420 g/mol. The predicted molar refractivity (Wildman–Crippen MR) is 471 cm³/mol. The summed E-state index contributed by atoms with van der Waals surface area (Å²) in [5.74, 6) is 1.34. The van der Waals surface area contributed by atoms with Crippen LogP contribution in [0, 0.1) is 0 Å². The maximum absolute atomic E-state index is 5.75. The third-order valence-electron chi connectivity index (χ3n) is 24.6. The number of rotatable bonds is 8. The number of aromatic nitrogens is 4. The van der Waals surface area contributed by atoms with Crippen molar-refractivity contribution >= 4 is 77.5 Å². The zero-order valence-electron chi connectivity index (χ0n) is 61.6. The summed E-state index contributed by atoms with van der Waals surface area (Å²) in [6.45, 7) is 0. The van der Waals surface area contributed by atoms with Gasteiger partial charge in [-0.05, 0) is 161 Å². The molecule has 0 amide bonds. The van der Waals surface area contributed by atoms with Gasteiger partial charge in [-0.25, -0.2) is 19.9 Å². The standard InChI is InChI=1S/C108H64N4S2/c1-2-21-65(22-3-1)66-47-51-74(52-48-66)105-110-96(64-97(111-105)86-38-19-36-84-82-33-12-15-40-89(82)107(98(84)86)91-59-55-70-23-4-8-29-78(70)101(91)113-102-79-30-9-5-24-71(79)56-60-92(102)107)77-28-18-27-76(63-77)69-45-43-67(44-46-69)68-49-53-75(54-50-68)106-109-95-42-17-14-35-87(95)100(112-106)88-39-20-37-85-83-34-13-16-41-90(83)108(99(85)88)93-61-57-72-25-6-10-31-80(72)103(93)114-104-81-32-11-7-26-73(81)58-62-94(104)108/h1-64H. The fourth-order valence-corrected chi connectivity index (χ4v) is 22.5. The number of benzene rings is 18. The minimum atomic E-state index is -0.702. The Labute approximate surface area is 667 Å². The van der Waals surface area contributed by atoms with E-state index in [9.17, 15) is 0 Å². The average Bonchev–Trinajstić information content (AvgIpc) is 1.47. The lowest BCUT2D eigenvalue weighted by molar-refractivity contribution is 0.730. The molecule has 0 radical (unpaired) electrons. The van der Waals surface area contributed by atoms with E-state index in [0.29, 0.717) is 11.6 Å².